The number of nitro benzene ring substituents is 1. The zero-order chi connectivity index (χ0) is 21.5. The molecule has 0 unspecified atom stereocenters. The largest absolute Gasteiger partial charge is 0.490 e. The number of nitrogens with zero attached hydrogens (tertiary/aromatic N) is 6. The number of sulfone groups is 1. The predicted octanol–water partition coefficient (Wildman–Crippen LogP) is 2.04. The summed E-state index contributed by atoms with van der Waals surface area (Å²) in [7, 11) is -1.01. The number of rotatable bonds is 6. The zero-order valence-corrected chi connectivity index (χ0v) is 16.8. The minimum atomic E-state index is -4.02. The SMILES string of the molecule is COc1ccc(CS(=O)(=O)c2nc(-n3cccc3)c3ncn(C)c3n2)cc1[N+](=O)[O-]. The molecule has 154 valence electrons. The van der Waals surface area contributed by atoms with Gasteiger partial charge in [-0.3, -0.25) is 10.1 Å². The zero-order valence-electron chi connectivity index (χ0n) is 16.0. The van der Waals surface area contributed by atoms with E-state index in [1.165, 1.54) is 31.6 Å². The van der Waals surface area contributed by atoms with Crippen molar-refractivity contribution in [3.8, 4) is 11.6 Å². The first-order valence-electron chi connectivity index (χ1n) is 8.66. The van der Waals surface area contributed by atoms with Gasteiger partial charge in [0.15, 0.2) is 22.7 Å². The summed E-state index contributed by atoms with van der Waals surface area (Å²) in [5.41, 5.74) is 0.709. The van der Waals surface area contributed by atoms with Crippen molar-refractivity contribution in [2.75, 3.05) is 7.11 Å². The molecular formula is C18H16N6O5S. The standard InChI is InChI=1S/C18H16N6O5S/c1-22-11-19-15-16(22)20-18(21-17(15)23-7-3-4-8-23)30(27,28)10-12-5-6-14(29-2)13(9-12)24(25)26/h3-9,11H,10H2,1-2H3. The highest BCUT2D eigenvalue weighted by atomic mass is 32.2. The molecule has 0 aliphatic carbocycles. The van der Waals surface area contributed by atoms with Crippen molar-refractivity contribution in [2.45, 2.75) is 10.9 Å². The molecule has 4 aromatic rings. The summed E-state index contributed by atoms with van der Waals surface area (Å²) < 4.78 is 34.3. The lowest BCUT2D eigenvalue weighted by molar-refractivity contribution is -0.385. The topological polar surface area (TPSA) is 135 Å². The third kappa shape index (κ3) is 3.37. The minimum absolute atomic E-state index is 0.0450. The van der Waals surface area contributed by atoms with Crippen molar-refractivity contribution in [3.63, 3.8) is 0 Å². The number of nitro groups is 1. The average molecular weight is 428 g/mol. The summed E-state index contributed by atoms with van der Waals surface area (Å²) in [6.07, 6.45) is 4.97. The highest BCUT2D eigenvalue weighted by molar-refractivity contribution is 7.90. The normalized spacial score (nSPS) is 11.7. The van der Waals surface area contributed by atoms with Crippen LogP contribution in [0.3, 0.4) is 0 Å². The number of hydrogen-bond donors (Lipinski definition) is 0. The third-order valence-corrected chi connectivity index (χ3v) is 5.90. The lowest BCUT2D eigenvalue weighted by atomic mass is 10.2. The molecule has 0 amide bonds. The van der Waals surface area contributed by atoms with Gasteiger partial charge < -0.3 is 13.9 Å². The van der Waals surface area contributed by atoms with Gasteiger partial charge in [-0.15, -0.1) is 0 Å². The fourth-order valence-corrected chi connectivity index (χ4v) is 4.22. The molecule has 0 aliphatic rings. The minimum Gasteiger partial charge on any atom is -0.490 e. The van der Waals surface area contributed by atoms with Crippen LogP contribution in [-0.4, -0.2) is 44.5 Å². The second kappa shape index (κ2) is 7.22. The van der Waals surface area contributed by atoms with Crippen LogP contribution >= 0.6 is 0 Å². The van der Waals surface area contributed by atoms with E-state index in [-0.39, 0.29) is 22.2 Å². The summed E-state index contributed by atoms with van der Waals surface area (Å²) in [4.78, 5) is 23.3. The van der Waals surface area contributed by atoms with Crippen LogP contribution in [0, 0.1) is 10.1 Å². The molecule has 0 saturated carbocycles. The Morgan fingerprint density at radius 1 is 1.20 bits per heavy atom. The summed E-state index contributed by atoms with van der Waals surface area (Å²) in [6, 6.07) is 7.55. The Hall–Kier alpha value is -3.80. The average Bonchev–Trinajstić information content (AvgIpc) is 3.37. The van der Waals surface area contributed by atoms with Gasteiger partial charge in [-0.05, 0) is 23.8 Å². The van der Waals surface area contributed by atoms with Crippen LogP contribution in [0.5, 0.6) is 5.75 Å². The van der Waals surface area contributed by atoms with Crippen molar-refractivity contribution < 1.29 is 18.1 Å². The van der Waals surface area contributed by atoms with Crippen LogP contribution < -0.4 is 4.74 Å². The molecule has 0 spiro atoms. The van der Waals surface area contributed by atoms with Gasteiger partial charge in [0.1, 0.15) is 0 Å². The number of hydrogen-bond acceptors (Lipinski definition) is 8. The number of imidazole rings is 1. The first-order chi connectivity index (χ1) is 14.3. The third-order valence-electron chi connectivity index (χ3n) is 4.44. The van der Waals surface area contributed by atoms with Crippen LogP contribution in [-0.2, 0) is 22.6 Å². The Bertz CT molecular complexity index is 1360. The molecule has 3 aromatic heterocycles. The second-order valence-electron chi connectivity index (χ2n) is 6.47. The Labute approximate surface area is 170 Å². The molecule has 0 radical (unpaired) electrons. The van der Waals surface area contributed by atoms with Gasteiger partial charge in [-0.1, -0.05) is 6.07 Å². The highest BCUT2D eigenvalue weighted by Gasteiger charge is 2.25. The first-order valence-corrected chi connectivity index (χ1v) is 10.3. The maximum Gasteiger partial charge on any atom is 0.311 e. The van der Waals surface area contributed by atoms with Crippen molar-refractivity contribution in [1.29, 1.82) is 0 Å². The maximum absolute atomic E-state index is 13.1. The Balaban J connectivity index is 1.81. The summed E-state index contributed by atoms with van der Waals surface area (Å²) >= 11 is 0. The number of aryl methyl sites for hydroxylation is 1. The van der Waals surface area contributed by atoms with E-state index < -0.39 is 20.5 Å². The molecule has 30 heavy (non-hydrogen) atoms. The van der Waals surface area contributed by atoms with Crippen molar-refractivity contribution in [2.24, 2.45) is 7.05 Å². The molecule has 1 aromatic carbocycles. The molecule has 0 fully saturated rings. The first kappa shape index (κ1) is 19.5. The number of benzene rings is 1. The van der Waals surface area contributed by atoms with E-state index in [0.29, 0.717) is 17.0 Å². The van der Waals surface area contributed by atoms with Crippen molar-refractivity contribution in [3.05, 3.63) is 64.7 Å². The monoisotopic (exact) mass is 428 g/mol. The number of aromatic nitrogens is 5. The second-order valence-corrected chi connectivity index (χ2v) is 8.35. The van der Waals surface area contributed by atoms with E-state index >= 15 is 0 Å². The molecule has 0 atom stereocenters. The number of ether oxygens (including phenoxy) is 1. The highest BCUT2D eigenvalue weighted by Crippen LogP contribution is 2.29. The summed E-state index contributed by atoms with van der Waals surface area (Å²) in [5, 5.41) is 10.8. The van der Waals surface area contributed by atoms with E-state index in [0.717, 1.165) is 0 Å². The molecule has 0 N–H and O–H groups in total. The lowest BCUT2D eigenvalue weighted by Crippen LogP contribution is -2.13. The van der Waals surface area contributed by atoms with Gasteiger partial charge in [0, 0.05) is 25.5 Å². The van der Waals surface area contributed by atoms with Crippen LogP contribution in [0.15, 0.2) is 54.2 Å². The quantitative estimate of drug-likeness (QED) is 0.259. The van der Waals surface area contributed by atoms with E-state index in [1.54, 1.807) is 40.7 Å². The van der Waals surface area contributed by atoms with E-state index in [9.17, 15) is 18.5 Å². The Kier molecular flexibility index (Phi) is 4.70. The number of fused-ring (bicyclic) bond motifs is 1. The van der Waals surface area contributed by atoms with Gasteiger partial charge in [-0.2, -0.15) is 9.97 Å². The van der Waals surface area contributed by atoms with E-state index in [1.807, 2.05) is 0 Å². The van der Waals surface area contributed by atoms with Gasteiger partial charge in [0.25, 0.3) is 5.16 Å². The van der Waals surface area contributed by atoms with Crippen LogP contribution in [0.2, 0.25) is 0 Å². The molecular weight excluding hydrogens is 412 g/mol. The Morgan fingerprint density at radius 3 is 2.60 bits per heavy atom. The molecule has 0 aliphatic heterocycles. The fourth-order valence-electron chi connectivity index (χ4n) is 3.02. The number of methoxy groups -OCH3 is 1. The predicted molar refractivity (Wildman–Crippen MR) is 106 cm³/mol. The smallest absolute Gasteiger partial charge is 0.311 e. The van der Waals surface area contributed by atoms with Crippen molar-refractivity contribution in [1.82, 2.24) is 24.1 Å². The fraction of sp³-hybridized carbons (Fsp3) is 0.167. The summed E-state index contributed by atoms with van der Waals surface area (Å²) in [6.45, 7) is 0. The van der Waals surface area contributed by atoms with Gasteiger partial charge in [-0.25, -0.2) is 13.4 Å². The Morgan fingerprint density at radius 2 is 1.93 bits per heavy atom. The molecule has 0 saturated heterocycles. The van der Waals surface area contributed by atoms with Crippen molar-refractivity contribution >= 4 is 26.7 Å². The molecule has 11 nitrogen and oxygen atoms in total. The van der Waals surface area contributed by atoms with Crippen LogP contribution in [0.4, 0.5) is 5.69 Å². The molecule has 4 rings (SSSR count). The van der Waals surface area contributed by atoms with Gasteiger partial charge >= 0.3 is 5.69 Å². The van der Waals surface area contributed by atoms with E-state index in [2.05, 4.69) is 15.0 Å². The van der Waals surface area contributed by atoms with Gasteiger partial charge in [0.05, 0.1) is 24.1 Å². The molecule has 12 heteroatoms. The summed E-state index contributed by atoms with van der Waals surface area (Å²) in [5.74, 6) is -0.139. The van der Waals surface area contributed by atoms with Crippen LogP contribution in [0.1, 0.15) is 5.56 Å². The van der Waals surface area contributed by atoms with Gasteiger partial charge in [0.2, 0.25) is 9.84 Å². The molecule has 0 bridgehead atoms. The maximum atomic E-state index is 13.1. The lowest BCUT2D eigenvalue weighted by Gasteiger charge is -2.09. The van der Waals surface area contributed by atoms with E-state index in [4.69, 9.17) is 4.74 Å². The molecule has 3 heterocycles. The van der Waals surface area contributed by atoms with Crippen LogP contribution in [0.25, 0.3) is 17.0 Å².